The van der Waals surface area contributed by atoms with E-state index in [1.807, 2.05) is 73.6 Å². The molecule has 132 valence electrons. The Morgan fingerprint density at radius 1 is 1.15 bits per heavy atom. The molecular formula is C18H19N7O. The Morgan fingerprint density at radius 2 is 1.88 bits per heavy atom. The molecule has 0 saturated carbocycles. The third-order valence-electron chi connectivity index (χ3n) is 3.58. The van der Waals surface area contributed by atoms with Gasteiger partial charge in [0.05, 0.1) is 6.21 Å². The second-order valence-corrected chi connectivity index (χ2v) is 5.79. The molecule has 1 amide bonds. The number of amides is 1. The molecule has 3 aromatic rings. The minimum atomic E-state index is -0.330. The van der Waals surface area contributed by atoms with E-state index < -0.39 is 0 Å². The van der Waals surface area contributed by atoms with Gasteiger partial charge in [-0.3, -0.25) is 4.79 Å². The van der Waals surface area contributed by atoms with Crippen LogP contribution in [-0.4, -0.2) is 46.4 Å². The summed E-state index contributed by atoms with van der Waals surface area (Å²) in [7, 11) is 3.95. The average molecular weight is 349 g/mol. The number of hydrogen-bond acceptors (Lipinski definition) is 6. The standard InChI is InChI=1S/C18H19N7O/c1-24(2)16-10-8-14(9-11-16)12-19-20-17(26)13-25-22-18(21-23-25)15-6-4-3-5-7-15/h3-12H,13H2,1-2H3,(H,20,26). The molecule has 0 fully saturated rings. The number of carbonyl (C=O) groups excluding carboxylic acids is 1. The van der Waals surface area contributed by atoms with Crippen LogP contribution in [0.25, 0.3) is 11.4 Å². The highest BCUT2D eigenvalue weighted by Crippen LogP contribution is 2.12. The number of nitrogens with zero attached hydrogens (tertiary/aromatic N) is 6. The predicted octanol–water partition coefficient (Wildman–Crippen LogP) is 1.56. The van der Waals surface area contributed by atoms with Crippen molar-refractivity contribution in [2.45, 2.75) is 6.54 Å². The minimum absolute atomic E-state index is 0.0588. The zero-order valence-electron chi connectivity index (χ0n) is 14.6. The number of benzene rings is 2. The lowest BCUT2D eigenvalue weighted by molar-refractivity contribution is -0.122. The van der Waals surface area contributed by atoms with Crippen LogP contribution in [0.3, 0.4) is 0 Å². The summed E-state index contributed by atoms with van der Waals surface area (Å²) >= 11 is 0. The molecule has 1 aromatic heterocycles. The summed E-state index contributed by atoms with van der Waals surface area (Å²) in [5, 5.41) is 16.0. The van der Waals surface area contributed by atoms with Gasteiger partial charge in [0.2, 0.25) is 5.82 Å². The SMILES string of the molecule is CN(C)c1ccc(C=NNC(=O)Cn2nnc(-c3ccccc3)n2)cc1. The lowest BCUT2D eigenvalue weighted by Crippen LogP contribution is -2.24. The third-order valence-corrected chi connectivity index (χ3v) is 3.58. The van der Waals surface area contributed by atoms with Crippen LogP contribution in [0.2, 0.25) is 0 Å². The fourth-order valence-electron chi connectivity index (χ4n) is 2.21. The third kappa shape index (κ3) is 4.50. The molecule has 0 unspecified atom stereocenters. The van der Waals surface area contributed by atoms with Gasteiger partial charge in [0.15, 0.2) is 0 Å². The van der Waals surface area contributed by atoms with Crippen molar-refractivity contribution in [3.05, 3.63) is 60.2 Å². The van der Waals surface area contributed by atoms with E-state index in [0.29, 0.717) is 5.82 Å². The van der Waals surface area contributed by atoms with Gasteiger partial charge in [-0.2, -0.15) is 9.90 Å². The van der Waals surface area contributed by atoms with Crippen molar-refractivity contribution in [2.75, 3.05) is 19.0 Å². The Balaban J connectivity index is 1.53. The topological polar surface area (TPSA) is 88.3 Å². The highest BCUT2D eigenvalue weighted by atomic mass is 16.2. The molecule has 2 aromatic carbocycles. The molecule has 0 atom stereocenters. The summed E-state index contributed by atoms with van der Waals surface area (Å²) in [6.45, 7) is -0.0588. The van der Waals surface area contributed by atoms with Crippen LogP contribution < -0.4 is 10.3 Å². The zero-order chi connectivity index (χ0) is 18.4. The first kappa shape index (κ1) is 17.3. The van der Waals surface area contributed by atoms with Gasteiger partial charge in [-0.25, -0.2) is 5.43 Å². The van der Waals surface area contributed by atoms with Gasteiger partial charge in [0, 0.05) is 25.3 Å². The van der Waals surface area contributed by atoms with Crippen LogP contribution in [0.1, 0.15) is 5.56 Å². The molecule has 1 N–H and O–H groups in total. The monoisotopic (exact) mass is 349 g/mol. The van der Waals surface area contributed by atoms with Gasteiger partial charge in [-0.05, 0) is 22.9 Å². The minimum Gasteiger partial charge on any atom is -0.378 e. The molecule has 0 aliphatic heterocycles. The van der Waals surface area contributed by atoms with Crippen molar-refractivity contribution in [3.8, 4) is 11.4 Å². The number of nitrogens with one attached hydrogen (secondary N) is 1. The first-order valence-electron chi connectivity index (χ1n) is 8.04. The second-order valence-electron chi connectivity index (χ2n) is 5.79. The second kappa shape index (κ2) is 8.02. The van der Waals surface area contributed by atoms with Crippen molar-refractivity contribution >= 4 is 17.8 Å². The molecule has 0 bridgehead atoms. The van der Waals surface area contributed by atoms with E-state index in [0.717, 1.165) is 16.8 Å². The largest absolute Gasteiger partial charge is 0.378 e. The number of carbonyl (C=O) groups is 1. The van der Waals surface area contributed by atoms with E-state index in [4.69, 9.17) is 0 Å². The molecule has 0 aliphatic rings. The van der Waals surface area contributed by atoms with Crippen LogP contribution >= 0.6 is 0 Å². The van der Waals surface area contributed by atoms with Crippen molar-refractivity contribution in [2.24, 2.45) is 5.10 Å². The van der Waals surface area contributed by atoms with Crippen LogP contribution in [0.15, 0.2) is 59.7 Å². The molecule has 8 heteroatoms. The number of aromatic nitrogens is 4. The summed E-state index contributed by atoms with van der Waals surface area (Å²) in [6, 6.07) is 17.3. The normalized spacial score (nSPS) is 10.8. The number of hydrazone groups is 1. The highest BCUT2D eigenvalue weighted by Gasteiger charge is 2.08. The van der Waals surface area contributed by atoms with Crippen LogP contribution in [0.4, 0.5) is 5.69 Å². The number of hydrogen-bond donors (Lipinski definition) is 1. The van der Waals surface area contributed by atoms with Gasteiger partial charge >= 0.3 is 0 Å². The highest BCUT2D eigenvalue weighted by molar-refractivity contribution is 5.82. The van der Waals surface area contributed by atoms with E-state index in [1.165, 1.54) is 4.80 Å². The fourth-order valence-corrected chi connectivity index (χ4v) is 2.21. The summed E-state index contributed by atoms with van der Waals surface area (Å²) in [5.74, 6) is 0.144. The van der Waals surface area contributed by atoms with E-state index in [-0.39, 0.29) is 12.5 Å². The van der Waals surface area contributed by atoms with Crippen LogP contribution in [0.5, 0.6) is 0 Å². The first-order chi connectivity index (χ1) is 12.6. The molecule has 3 rings (SSSR count). The van der Waals surface area contributed by atoms with E-state index in [2.05, 4.69) is 25.9 Å². The van der Waals surface area contributed by atoms with Gasteiger partial charge in [0.25, 0.3) is 5.91 Å². The molecule has 8 nitrogen and oxygen atoms in total. The van der Waals surface area contributed by atoms with Crippen molar-refractivity contribution in [3.63, 3.8) is 0 Å². The molecule has 26 heavy (non-hydrogen) atoms. The molecule has 1 heterocycles. The lowest BCUT2D eigenvalue weighted by Gasteiger charge is -2.11. The maximum Gasteiger partial charge on any atom is 0.263 e. The molecule has 0 spiro atoms. The van der Waals surface area contributed by atoms with Gasteiger partial charge in [0.1, 0.15) is 6.54 Å². The van der Waals surface area contributed by atoms with Crippen molar-refractivity contribution in [1.29, 1.82) is 0 Å². The van der Waals surface area contributed by atoms with E-state index in [1.54, 1.807) is 6.21 Å². The Morgan fingerprint density at radius 3 is 2.58 bits per heavy atom. The molecular weight excluding hydrogens is 330 g/mol. The Bertz CT molecular complexity index is 885. The quantitative estimate of drug-likeness (QED) is 0.539. The maximum atomic E-state index is 11.9. The molecule has 0 saturated heterocycles. The number of anilines is 1. The van der Waals surface area contributed by atoms with Crippen LogP contribution in [0, 0.1) is 0 Å². The summed E-state index contributed by atoms with van der Waals surface area (Å²) in [6.07, 6.45) is 1.58. The Labute approximate surface area is 151 Å². The number of tetrazole rings is 1. The van der Waals surface area contributed by atoms with E-state index in [9.17, 15) is 4.79 Å². The van der Waals surface area contributed by atoms with Gasteiger partial charge in [-0.15, -0.1) is 10.2 Å². The first-order valence-corrected chi connectivity index (χ1v) is 8.04. The lowest BCUT2D eigenvalue weighted by atomic mass is 10.2. The summed E-state index contributed by atoms with van der Waals surface area (Å²) < 4.78 is 0. The maximum absolute atomic E-state index is 11.9. The summed E-state index contributed by atoms with van der Waals surface area (Å²) in [5.41, 5.74) is 5.29. The predicted molar refractivity (Wildman–Crippen MR) is 99.8 cm³/mol. The van der Waals surface area contributed by atoms with Crippen LogP contribution in [-0.2, 0) is 11.3 Å². The summed E-state index contributed by atoms with van der Waals surface area (Å²) in [4.78, 5) is 15.2. The van der Waals surface area contributed by atoms with Crippen molar-refractivity contribution < 1.29 is 4.79 Å². The number of rotatable bonds is 6. The van der Waals surface area contributed by atoms with E-state index >= 15 is 0 Å². The Kier molecular flexibility index (Phi) is 5.33. The molecule has 0 radical (unpaired) electrons. The fraction of sp³-hybridized carbons (Fsp3) is 0.167. The van der Waals surface area contributed by atoms with Gasteiger partial charge in [-0.1, -0.05) is 42.5 Å². The molecule has 0 aliphatic carbocycles. The van der Waals surface area contributed by atoms with Gasteiger partial charge < -0.3 is 4.90 Å². The van der Waals surface area contributed by atoms with Crippen molar-refractivity contribution in [1.82, 2.24) is 25.6 Å². The zero-order valence-corrected chi connectivity index (χ0v) is 14.6. The average Bonchev–Trinajstić information content (AvgIpc) is 3.11. The Hall–Kier alpha value is -3.55. The smallest absolute Gasteiger partial charge is 0.263 e.